The van der Waals surface area contributed by atoms with Crippen molar-refractivity contribution >= 4 is 17.8 Å². The van der Waals surface area contributed by atoms with Gasteiger partial charge in [0.1, 0.15) is 11.8 Å². The van der Waals surface area contributed by atoms with Gasteiger partial charge in [-0.25, -0.2) is 4.79 Å². The van der Waals surface area contributed by atoms with Crippen LogP contribution in [-0.4, -0.2) is 65.1 Å². The lowest BCUT2D eigenvalue weighted by molar-refractivity contribution is -0.141. The van der Waals surface area contributed by atoms with Crippen molar-refractivity contribution in [3.8, 4) is 0 Å². The quantitative estimate of drug-likeness (QED) is 0.692. The number of amides is 1. The first-order valence-electron chi connectivity index (χ1n) is 10.4. The SMILES string of the molecule is CCOC(=O)CC1=N[C@H]2[C@H](C=C1)N(Cc1ccccc1)CCN2C(=O)OC(C)(C)C. The maximum atomic E-state index is 12.9. The molecule has 0 N–H and O–H groups in total. The number of carbonyl (C=O) groups excluding carboxylic acids is 2. The summed E-state index contributed by atoms with van der Waals surface area (Å²) >= 11 is 0. The van der Waals surface area contributed by atoms with Crippen molar-refractivity contribution in [2.45, 2.75) is 58.5 Å². The smallest absolute Gasteiger partial charge is 0.412 e. The van der Waals surface area contributed by atoms with Crippen LogP contribution in [0.2, 0.25) is 0 Å². The van der Waals surface area contributed by atoms with Gasteiger partial charge in [0.2, 0.25) is 0 Å². The van der Waals surface area contributed by atoms with E-state index in [9.17, 15) is 9.59 Å². The zero-order valence-electron chi connectivity index (χ0n) is 18.2. The van der Waals surface area contributed by atoms with Crippen molar-refractivity contribution in [2.24, 2.45) is 4.99 Å². The van der Waals surface area contributed by atoms with E-state index in [4.69, 9.17) is 14.5 Å². The molecular weight excluding hydrogens is 382 g/mol. The standard InChI is InChI=1S/C23H31N3O4/c1-5-29-20(27)15-18-11-12-19-21(24-18)26(22(28)30-23(2,3)4)14-13-25(19)16-17-9-7-6-8-10-17/h6-12,19,21H,5,13-16H2,1-4H3/t19-,21+/m0/s1. The molecule has 2 aliphatic heterocycles. The average molecular weight is 414 g/mol. The first-order valence-corrected chi connectivity index (χ1v) is 10.4. The number of dihydropyridines is 1. The van der Waals surface area contributed by atoms with E-state index < -0.39 is 11.8 Å². The van der Waals surface area contributed by atoms with Crippen LogP contribution in [0.15, 0.2) is 47.5 Å². The van der Waals surface area contributed by atoms with Crippen molar-refractivity contribution in [2.75, 3.05) is 19.7 Å². The monoisotopic (exact) mass is 413 g/mol. The molecule has 3 rings (SSSR count). The zero-order valence-corrected chi connectivity index (χ0v) is 18.2. The van der Waals surface area contributed by atoms with Crippen molar-refractivity contribution in [1.82, 2.24) is 9.80 Å². The van der Waals surface area contributed by atoms with E-state index in [-0.39, 0.29) is 24.5 Å². The third kappa shape index (κ3) is 5.69. The van der Waals surface area contributed by atoms with Gasteiger partial charge in [-0.1, -0.05) is 36.4 Å². The molecule has 0 unspecified atom stereocenters. The largest absolute Gasteiger partial charge is 0.466 e. The van der Waals surface area contributed by atoms with Gasteiger partial charge in [0, 0.05) is 25.3 Å². The molecule has 30 heavy (non-hydrogen) atoms. The molecule has 1 fully saturated rings. The number of hydrogen-bond donors (Lipinski definition) is 0. The van der Waals surface area contributed by atoms with Crippen LogP contribution in [0.5, 0.6) is 0 Å². The predicted molar refractivity (Wildman–Crippen MR) is 115 cm³/mol. The van der Waals surface area contributed by atoms with Crippen molar-refractivity contribution < 1.29 is 19.1 Å². The molecule has 0 spiro atoms. The number of aliphatic imine (C=N–C) groups is 1. The number of allylic oxidation sites excluding steroid dienone is 1. The molecule has 2 atom stereocenters. The number of esters is 1. The van der Waals surface area contributed by atoms with Gasteiger partial charge >= 0.3 is 12.1 Å². The minimum absolute atomic E-state index is 0.0857. The summed E-state index contributed by atoms with van der Waals surface area (Å²) in [7, 11) is 0. The minimum atomic E-state index is -0.588. The molecule has 2 heterocycles. The first kappa shape index (κ1) is 22.0. The number of fused-ring (bicyclic) bond motifs is 1. The molecular formula is C23H31N3O4. The van der Waals surface area contributed by atoms with Gasteiger partial charge < -0.3 is 9.47 Å². The molecule has 7 nitrogen and oxygen atoms in total. The molecule has 0 bridgehead atoms. The van der Waals surface area contributed by atoms with E-state index in [1.54, 1.807) is 11.8 Å². The van der Waals surface area contributed by atoms with Crippen molar-refractivity contribution in [3.63, 3.8) is 0 Å². The fourth-order valence-electron chi connectivity index (χ4n) is 3.67. The van der Waals surface area contributed by atoms with Crippen molar-refractivity contribution in [1.29, 1.82) is 0 Å². The van der Waals surface area contributed by atoms with E-state index in [1.165, 1.54) is 5.56 Å². The maximum Gasteiger partial charge on any atom is 0.412 e. The Bertz CT molecular complexity index is 813. The zero-order chi connectivity index (χ0) is 21.7. The van der Waals surface area contributed by atoms with Crippen LogP contribution in [0.1, 0.15) is 39.7 Å². The van der Waals surface area contributed by atoms with Crippen LogP contribution in [0.3, 0.4) is 0 Å². The number of hydrogen-bond acceptors (Lipinski definition) is 6. The van der Waals surface area contributed by atoms with Crippen LogP contribution in [0.25, 0.3) is 0 Å². The Morgan fingerprint density at radius 1 is 1.17 bits per heavy atom. The van der Waals surface area contributed by atoms with E-state index in [1.807, 2.05) is 51.1 Å². The number of piperazine rings is 1. The topological polar surface area (TPSA) is 71.4 Å². The second kappa shape index (κ2) is 9.43. The molecule has 1 aromatic rings. The summed E-state index contributed by atoms with van der Waals surface area (Å²) in [6.07, 6.45) is 3.17. The van der Waals surface area contributed by atoms with Gasteiger partial charge in [-0.15, -0.1) is 0 Å². The van der Waals surface area contributed by atoms with E-state index in [0.29, 0.717) is 25.4 Å². The fourth-order valence-corrected chi connectivity index (χ4v) is 3.67. The highest BCUT2D eigenvalue weighted by molar-refractivity contribution is 6.06. The molecule has 1 aromatic carbocycles. The first-order chi connectivity index (χ1) is 14.3. The van der Waals surface area contributed by atoms with Gasteiger partial charge in [-0.2, -0.15) is 0 Å². The Balaban J connectivity index is 1.82. The second-order valence-electron chi connectivity index (χ2n) is 8.50. The number of carbonyl (C=O) groups is 2. The summed E-state index contributed by atoms with van der Waals surface area (Å²) in [5.41, 5.74) is 1.23. The van der Waals surface area contributed by atoms with Gasteiger partial charge in [0.15, 0.2) is 0 Å². The molecule has 162 valence electrons. The summed E-state index contributed by atoms with van der Waals surface area (Å²) in [4.78, 5) is 33.5. The molecule has 1 amide bonds. The Labute approximate surface area is 178 Å². The molecule has 7 heteroatoms. The lowest BCUT2D eigenvalue weighted by atomic mass is 10.0. The number of benzene rings is 1. The van der Waals surface area contributed by atoms with E-state index >= 15 is 0 Å². The van der Waals surface area contributed by atoms with Crippen LogP contribution < -0.4 is 0 Å². The van der Waals surface area contributed by atoms with Gasteiger partial charge in [0.05, 0.1) is 19.1 Å². The lowest BCUT2D eigenvalue weighted by Crippen LogP contribution is -2.61. The van der Waals surface area contributed by atoms with E-state index in [0.717, 1.165) is 6.54 Å². The van der Waals surface area contributed by atoms with Crippen LogP contribution in [0, 0.1) is 0 Å². The Morgan fingerprint density at radius 3 is 2.57 bits per heavy atom. The number of ether oxygens (including phenoxy) is 2. The number of rotatable bonds is 5. The third-order valence-corrected chi connectivity index (χ3v) is 4.95. The highest BCUT2D eigenvalue weighted by Gasteiger charge is 2.40. The predicted octanol–water partition coefficient (Wildman–Crippen LogP) is 3.40. The molecule has 0 aliphatic carbocycles. The normalized spacial score (nSPS) is 21.6. The van der Waals surface area contributed by atoms with Crippen LogP contribution >= 0.6 is 0 Å². The summed E-state index contributed by atoms with van der Waals surface area (Å²) < 4.78 is 10.7. The lowest BCUT2D eigenvalue weighted by Gasteiger charge is -2.46. The third-order valence-electron chi connectivity index (χ3n) is 4.95. The molecule has 0 saturated carbocycles. The molecule has 2 aliphatic rings. The van der Waals surface area contributed by atoms with Gasteiger partial charge in [0.25, 0.3) is 0 Å². The summed E-state index contributed by atoms with van der Waals surface area (Å²) in [6.45, 7) is 9.64. The summed E-state index contributed by atoms with van der Waals surface area (Å²) in [5.74, 6) is -0.319. The highest BCUT2D eigenvalue weighted by Crippen LogP contribution is 2.27. The van der Waals surface area contributed by atoms with Gasteiger partial charge in [-0.05, 0) is 39.3 Å². The molecule has 0 aromatic heterocycles. The summed E-state index contributed by atoms with van der Waals surface area (Å²) in [6, 6.07) is 10.2. The van der Waals surface area contributed by atoms with Crippen molar-refractivity contribution in [3.05, 3.63) is 48.0 Å². The van der Waals surface area contributed by atoms with Crippen LogP contribution in [-0.2, 0) is 20.8 Å². The van der Waals surface area contributed by atoms with Crippen LogP contribution in [0.4, 0.5) is 4.79 Å². The minimum Gasteiger partial charge on any atom is -0.466 e. The average Bonchev–Trinajstić information content (AvgIpc) is 2.67. The molecule has 0 radical (unpaired) electrons. The van der Waals surface area contributed by atoms with E-state index in [2.05, 4.69) is 17.0 Å². The van der Waals surface area contributed by atoms with Gasteiger partial charge in [-0.3, -0.25) is 19.6 Å². The number of nitrogens with zero attached hydrogens (tertiary/aromatic N) is 3. The Kier molecular flexibility index (Phi) is 6.92. The molecule has 1 saturated heterocycles. The fraction of sp³-hybridized carbons (Fsp3) is 0.522. The summed E-state index contributed by atoms with van der Waals surface area (Å²) in [5, 5.41) is 0. The second-order valence-corrected chi connectivity index (χ2v) is 8.50. The Hall–Kier alpha value is -2.67. The maximum absolute atomic E-state index is 12.9. The Morgan fingerprint density at radius 2 is 1.90 bits per heavy atom. The highest BCUT2D eigenvalue weighted by atomic mass is 16.6.